The number of nitrogens with zero attached hydrogens (tertiary/aromatic N) is 1. The third-order valence-electron chi connectivity index (χ3n) is 2.33. The van der Waals surface area contributed by atoms with E-state index in [9.17, 15) is 0 Å². The van der Waals surface area contributed by atoms with Gasteiger partial charge in [0.25, 0.3) is 0 Å². The Kier molecular flexibility index (Phi) is 11.8. The van der Waals surface area contributed by atoms with Crippen LogP contribution in [0.2, 0.25) is 0 Å². The van der Waals surface area contributed by atoms with Gasteiger partial charge in [0.2, 0.25) is 0 Å². The molecule has 0 rings (SSSR count). The minimum Gasteiger partial charge on any atom is -0.412 e. The second kappa shape index (κ2) is 10.0. The highest BCUT2D eigenvalue weighted by atomic mass is 16.0. The van der Waals surface area contributed by atoms with Crippen molar-refractivity contribution in [2.45, 2.75) is 59.4 Å². The Morgan fingerprint density at radius 3 is 1.54 bits per heavy atom. The fourth-order valence-corrected chi connectivity index (χ4v) is 1.35. The molecule has 0 saturated heterocycles. The summed E-state index contributed by atoms with van der Waals surface area (Å²) < 4.78 is 0. The molecule has 0 aliphatic rings. The lowest BCUT2D eigenvalue weighted by Gasteiger charge is -2.25. The maximum absolute atomic E-state index is 2.59. The van der Waals surface area contributed by atoms with Gasteiger partial charge in [0.1, 0.15) is 0 Å². The molecule has 2 N–H and O–H groups in total. The van der Waals surface area contributed by atoms with E-state index >= 15 is 0 Å². The van der Waals surface area contributed by atoms with Crippen LogP contribution >= 0.6 is 0 Å². The first-order valence-electron chi connectivity index (χ1n) is 5.46. The molecule has 0 fully saturated rings. The Hall–Kier alpha value is -0.0800. The Labute approximate surface area is 83.6 Å². The summed E-state index contributed by atoms with van der Waals surface area (Å²) in [7, 11) is 0. The van der Waals surface area contributed by atoms with Crippen molar-refractivity contribution in [2.24, 2.45) is 0 Å². The van der Waals surface area contributed by atoms with Crippen molar-refractivity contribution in [2.75, 3.05) is 13.1 Å². The lowest BCUT2D eigenvalue weighted by molar-refractivity contribution is 0.215. The first-order chi connectivity index (χ1) is 5.72. The summed E-state index contributed by atoms with van der Waals surface area (Å²) in [5, 5.41) is 0. The van der Waals surface area contributed by atoms with Gasteiger partial charge in [-0.2, -0.15) is 0 Å². The van der Waals surface area contributed by atoms with Gasteiger partial charge in [-0.3, -0.25) is 0 Å². The Bertz CT molecular complexity index is 86.1. The summed E-state index contributed by atoms with van der Waals surface area (Å²) >= 11 is 0. The predicted octanol–water partition coefficient (Wildman–Crippen LogP) is 2.47. The van der Waals surface area contributed by atoms with Crippen LogP contribution in [-0.4, -0.2) is 29.5 Å². The van der Waals surface area contributed by atoms with Crippen molar-refractivity contribution in [3.05, 3.63) is 0 Å². The highest BCUT2D eigenvalue weighted by molar-refractivity contribution is 4.61. The van der Waals surface area contributed by atoms with Crippen LogP contribution < -0.4 is 0 Å². The van der Waals surface area contributed by atoms with Crippen molar-refractivity contribution in [1.82, 2.24) is 4.90 Å². The largest absolute Gasteiger partial charge is 0.412 e. The van der Waals surface area contributed by atoms with Gasteiger partial charge in [-0.15, -0.1) is 0 Å². The minimum absolute atomic E-state index is 0. The molecule has 2 nitrogen and oxygen atoms in total. The zero-order valence-corrected chi connectivity index (χ0v) is 9.77. The molecule has 0 aromatic rings. The maximum Gasteiger partial charge on any atom is 0.00385 e. The highest BCUT2D eigenvalue weighted by Crippen LogP contribution is 2.03. The quantitative estimate of drug-likeness (QED) is 0.606. The first-order valence-corrected chi connectivity index (χ1v) is 5.46. The van der Waals surface area contributed by atoms with Gasteiger partial charge in [0.15, 0.2) is 0 Å². The van der Waals surface area contributed by atoms with Crippen molar-refractivity contribution in [1.29, 1.82) is 0 Å². The van der Waals surface area contributed by atoms with Crippen molar-refractivity contribution >= 4 is 0 Å². The maximum atomic E-state index is 2.59. The molecular formula is C11H27NO. The van der Waals surface area contributed by atoms with Crippen molar-refractivity contribution in [3.63, 3.8) is 0 Å². The molecule has 0 amide bonds. The van der Waals surface area contributed by atoms with Crippen LogP contribution in [0.5, 0.6) is 0 Å². The molecule has 0 aliphatic heterocycles. The van der Waals surface area contributed by atoms with E-state index in [1.54, 1.807) is 0 Å². The monoisotopic (exact) mass is 189 g/mol. The normalized spacial score (nSPS) is 10.6. The average Bonchev–Trinajstić information content (AvgIpc) is 2.04. The summed E-state index contributed by atoms with van der Waals surface area (Å²) in [5.74, 6) is 0. The van der Waals surface area contributed by atoms with Crippen LogP contribution in [0.4, 0.5) is 0 Å². The third-order valence-corrected chi connectivity index (χ3v) is 2.33. The third kappa shape index (κ3) is 8.26. The Balaban J connectivity index is 0. The molecule has 0 heterocycles. The minimum atomic E-state index is 0. The lowest BCUT2D eigenvalue weighted by atomic mass is 10.2. The fraction of sp³-hybridized carbons (Fsp3) is 1.00. The van der Waals surface area contributed by atoms with Gasteiger partial charge < -0.3 is 10.4 Å². The predicted molar refractivity (Wildman–Crippen MR) is 60.1 cm³/mol. The van der Waals surface area contributed by atoms with Crippen molar-refractivity contribution < 1.29 is 5.48 Å². The number of unbranched alkanes of at least 4 members (excludes halogenated alkanes) is 2. The molecule has 82 valence electrons. The molecular weight excluding hydrogens is 162 g/mol. The van der Waals surface area contributed by atoms with E-state index < -0.39 is 0 Å². The smallest absolute Gasteiger partial charge is 0.00385 e. The van der Waals surface area contributed by atoms with E-state index in [0.29, 0.717) is 0 Å². The molecule has 0 aromatic carbocycles. The van der Waals surface area contributed by atoms with Gasteiger partial charge >= 0.3 is 0 Å². The SMILES string of the molecule is CCCCN(CCCC)C(C)C.O. The highest BCUT2D eigenvalue weighted by Gasteiger charge is 2.06. The van der Waals surface area contributed by atoms with Gasteiger partial charge in [-0.1, -0.05) is 26.7 Å². The van der Waals surface area contributed by atoms with Crippen LogP contribution in [0, 0.1) is 0 Å². The van der Waals surface area contributed by atoms with Gasteiger partial charge in [0.05, 0.1) is 0 Å². The Morgan fingerprint density at radius 2 is 1.31 bits per heavy atom. The second-order valence-corrected chi connectivity index (χ2v) is 3.84. The van der Waals surface area contributed by atoms with E-state index in [1.807, 2.05) is 0 Å². The van der Waals surface area contributed by atoms with Crippen LogP contribution in [0.15, 0.2) is 0 Å². The second-order valence-electron chi connectivity index (χ2n) is 3.84. The Morgan fingerprint density at radius 1 is 0.923 bits per heavy atom. The van der Waals surface area contributed by atoms with E-state index in [0.717, 1.165) is 6.04 Å². The topological polar surface area (TPSA) is 34.7 Å². The molecule has 2 heteroatoms. The molecule has 13 heavy (non-hydrogen) atoms. The molecule has 0 saturated carbocycles. The zero-order chi connectivity index (χ0) is 9.40. The molecule has 0 unspecified atom stereocenters. The van der Waals surface area contributed by atoms with E-state index in [-0.39, 0.29) is 5.48 Å². The first kappa shape index (κ1) is 15.4. The fourth-order valence-electron chi connectivity index (χ4n) is 1.35. The lowest BCUT2D eigenvalue weighted by Crippen LogP contribution is -2.32. The average molecular weight is 189 g/mol. The molecule has 0 aliphatic carbocycles. The summed E-state index contributed by atoms with van der Waals surface area (Å²) in [5.41, 5.74) is 0. The van der Waals surface area contributed by atoms with Crippen LogP contribution in [0.1, 0.15) is 53.4 Å². The molecule has 0 aromatic heterocycles. The van der Waals surface area contributed by atoms with Gasteiger partial charge in [0, 0.05) is 6.04 Å². The summed E-state index contributed by atoms with van der Waals surface area (Å²) in [6.07, 6.45) is 5.33. The van der Waals surface area contributed by atoms with E-state index in [4.69, 9.17) is 0 Å². The van der Waals surface area contributed by atoms with Crippen LogP contribution in [-0.2, 0) is 0 Å². The standard InChI is InChI=1S/C11H25N.H2O/c1-5-7-9-12(11(3)4)10-8-6-2;/h11H,5-10H2,1-4H3;1H2. The van der Waals surface area contributed by atoms with E-state index in [2.05, 4.69) is 32.6 Å². The van der Waals surface area contributed by atoms with E-state index in [1.165, 1.54) is 38.8 Å². The van der Waals surface area contributed by atoms with Gasteiger partial charge in [-0.05, 0) is 39.8 Å². The molecule has 0 radical (unpaired) electrons. The summed E-state index contributed by atoms with van der Waals surface area (Å²) in [4.78, 5) is 2.59. The molecule has 0 spiro atoms. The van der Waals surface area contributed by atoms with Gasteiger partial charge in [-0.25, -0.2) is 0 Å². The van der Waals surface area contributed by atoms with Crippen LogP contribution in [0.25, 0.3) is 0 Å². The number of hydrogen-bond acceptors (Lipinski definition) is 1. The number of hydrogen-bond donors (Lipinski definition) is 0. The number of rotatable bonds is 7. The molecule has 0 atom stereocenters. The summed E-state index contributed by atoms with van der Waals surface area (Å²) in [6, 6.07) is 0.725. The molecule has 0 bridgehead atoms. The summed E-state index contributed by atoms with van der Waals surface area (Å²) in [6.45, 7) is 11.7. The van der Waals surface area contributed by atoms with Crippen LogP contribution in [0.3, 0.4) is 0 Å². The van der Waals surface area contributed by atoms with Crippen molar-refractivity contribution in [3.8, 4) is 0 Å². The zero-order valence-electron chi connectivity index (χ0n) is 9.77.